The average Bonchev–Trinajstić information content (AvgIpc) is 3.35. The average molecular weight is 729 g/mol. The van der Waals surface area contributed by atoms with Crippen molar-refractivity contribution in [3.05, 3.63) is 0 Å². The maximum Gasteiger partial charge on any atom is 0.397 e. The molecular formula is C24H40O23S. The fourth-order valence-corrected chi connectivity index (χ4v) is 6.35. The third-order valence-electron chi connectivity index (χ3n) is 8.65. The summed E-state index contributed by atoms with van der Waals surface area (Å²) in [4.78, 5) is 0. The molecule has 23 nitrogen and oxygen atoms in total. The Hall–Kier alpha value is -0.890. The van der Waals surface area contributed by atoms with Crippen molar-refractivity contribution in [1.29, 1.82) is 0 Å². The van der Waals surface area contributed by atoms with Crippen LogP contribution < -0.4 is 0 Å². The molecule has 5 saturated heterocycles. The number of rotatable bonds is 11. The predicted octanol–water partition coefficient (Wildman–Crippen LogP) is -8.88. The summed E-state index contributed by atoms with van der Waals surface area (Å²) in [5.74, 6) is 0. The van der Waals surface area contributed by atoms with Crippen LogP contribution in [0.15, 0.2) is 0 Å². The first kappa shape index (κ1) is 38.3. The number of fused-ring (bicyclic) bond motifs is 2. The highest BCUT2D eigenvalue weighted by Gasteiger charge is 2.58. The Morgan fingerprint density at radius 1 is 0.562 bits per heavy atom. The van der Waals surface area contributed by atoms with Crippen molar-refractivity contribution in [2.24, 2.45) is 0 Å². The van der Waals surface area contributed by atoms with Crippen LogP contribution >= 0.6 is 0 Å². The minimum atomic E-state index is -5.01. The third kappa shape index (κ3) is 7.80. The molecule has 5 aliphatic heterocycles. The molecule has 20 atom stereocenters. The normalized spacial score (nSPS) is 51.6. The molecule has 280 valence electrons. The Balaban J connectivity index is 1.26. The molecule has 5 rings (SSSR count). The molecule has 0 aromatic rings. The van der Waals surface area contributed by atoms with Gasteiger partial charge in [0.05, 0.1) is 26.4 Å². The zero-order chi connectivity index (χ0) is 35.2. The van der Waals surface area contributed by atoms with Crippen LogP contribution in [0.2, 0.25) is 0 Å². The van der Waals surface area contributed by atoms with E-state index in [0.717, 1.165) is 0 Å². The van der Waals surface area contributed by atoms with Gasteiger partial charge in [-0.2, -0.15) is 8.42 Å². The molecule has 48 heavy (non-hydrogen) atoms. The van der Waals surface area contributed by atoms with E-state index in [1.165, 1.54) is 0 Å². The standard InChI is InChI=1S/C24H40O23S/c25-1-5-10(28)18(14(32)21(35)41-5)46-24-16(34)20-17(8(44-24)3-39-20)45-23-15(33)19(11(29)6(2-26)42-23)47-22-13(31)12(30)9(27)7(43-22)4-40-48(36,37)38/h5-35H,1-4H2,(H,36,37,38)/t5-,6-,7+,8+,9-,10+,11+,12-,13+,14-,15-,16+,17-,18+,19+,20+,21+,22+,23+,24+/m1/s1. The molecule has 0 aliphatic carbocycles. The van der Waals surface area contributed by atoms with Crippen molar-refractivity contribution in [3.63, 3.8) is 0 Å². The summed E-state index contributed by atoms with van der Waals surface area (Å²) >= 11 is 0. The van der Waals surface area contributed by atoms with Gasteiger partial charge in [0.2, 0.25) is 0 Å². The van der Waals surface area contributed by atoms with Crippen LogP contribution in [0.25, 0.3) is 0 Å². The Morgan fingerprint density at radius 2 is 1.08 bits per heavy atom. The Labute approximate surface area is 271 Å². The molecule has 0 amide bonds. The van der Waals surface area contributed by atoms with Crippen molar-refractivity contribution in [2.45, 2.75) is 123 Å². The summed E-state index contributed by atoms with van der Waals surface area (Å²) in [6, 6.07) is 0. The summed E-state index contributed by atoms with van der Waals surface area (Å²) in [6.45, 7) is -2.86. The van der Waals surface area contributed by atoms with Gasteiger partial charge in [-0.05, 0) is 0 Å². The minimum Gasteiger partial charge on any atom is -0.394 e. The monoisotopic (exact) mass is 728 g/mol. The maximum absolute atomic E-state index is 11.1. The van der Waals surface area contributed by atoms with Crippen LogP contribution in [0, 0.1) is 0 Å². The Bertz CT molecular complexity index is 1160. The lowest BCUT2D eigenvalue weighted by Gasteiger charge is -2.47. The lowest BCUT2D eigenvalue weighted by Crippen LogP contribution is -2.66. The molecule has 0 spiro atoms. The first-order valence-electron chi connectivity index (χ1n) is 14.7. The van der Waals surface area contributed by atoms with E-state index in [1.807, 2.05) is 0 Å². The zero-order valence-corrected chi connectivity index (χ0v) is 25.5. The summed E-state index contributed by atoms with van der Waals surface area (Å²) in [5.41, 5.74) is 0. The highest BCUT2D eigenvalue weighted by molar-refractivity contribution is 7.80. The Morgan fingerprint density at radius 3 is 1.69 bits per heavy atom. The summed E-state index contributed by atoms with van der Waals surface area (Å²) in [6.07, 6.45) is -33.7. The third-order valence-corrected chi connectivity index (χ3v) is 9.09. The summed E-state index contributed by atoms with van der Waals surface area (Å²) < 4.78 is 78.9. The van der Waals surface area contributed by atoms with Gasteiger partial charge in [0.15, 0.2) is 25.2 Å². The molecule has 2 bridgehead atoms. The van der Waals surface area contributed by atoms with Gasteiger partial charge >= 0.3 is 10.4 Å². The van der Waals surface area contributed by atoms with E-state index in [1.54, 1.807) is 0 Å². The van der Waals surface area contributed by atoms with Crippen LogP contribution in [0.1, 0.15) is 0 Å². The molecular weight excluding hydrogens is 688 g/mol. The van der Waals surface area contributed by atoms with Crippen molar-refractivity contribution in [1.82, 2.24) is 0 Å². The number of aliphatic hydroxyl groups is 11. The van der Waals surface area contributed by atoms with E-state index >= 15 is 0 Å². The lowest BCUT2D eigenvalue weighted by atomic mass is 9.96. The van der Waals surface area contributed by atoms with Gasteiger partial charge in [-0.1, -0.05) is 0 Å². The topological polar surface area (TPSA) is 360 Å². The summed E-state index contributed by atoms with van der Waals surface area (Å²) in [5, 5.41) is 114. The molecule has 0 unspecified atom stereocenters. The second-order valence-corrected chi connectivity index (χ2v) is 12.9. The smallest absolute Gasteiger partial charge is 0.394 e. The van der Waals surface area contributed by atoms with E-state index in [9.17, 15) is 64.6 Å². The molecule has 0 radical (unpaired) electrons. The van der Waals surface area contributed by atoms with Crippen molar-refractivity contribution in [3.8, 4) is 0 Å². The van der Waals surface area contributed by atoms with Gasteiger partial charge in [0.1, 0.15) is 97.7 Å². The fraction of sp³-hybridized carbons (Fsp3) is 1.00. The van der Waals surface area contributed by atoms with E-state index < -0.39 is 153 Å². The molecule has 24 heteroatoms. The first-order chi connectivity index (χ1) is 22.6. The molecule has 5 aliphatic rings. The van der Waals surface area contributed by atoms with E-state index in [4.69, 9.17) is 42.4 Å². The van der Waals surface area contributed by atoms with E-state index in [0.29, 0.717) is 0 Å². The minimum absolute atomic E-state index is 0.211. The van der Waals surface area contributed by atoms with Gasteiger partial charge in [0.25, 0.3) is 0 Å². The van der Waals surface area contributed by atoms with Gasteiger partial charge in [-0.3, -0.25) is 4.55 Å². The van der Waals surface area contributed by atoms with Crippen molar-refractivity contribution >= 4 is 10.4 Å². The zero-order valence-electron chi connectivity index (χ0n) is 24.6. The number of ether oxygens (including phenoxy) is 8. The highest BCUT2D eigenvalue weighted by atomic mass is 32.3. The fourth-order valence-electron chi connectivity index (χ4n) is 6.04. The maximum atomic E-state index is 11.1. The predicted molar refractivity (Wildman–Crippen MR) is 141 cm³/mol. The summed E-state index contributed by atoms with van der Waals surface area (Å²) in [7, 11) is -5.01. The van der Waals surface area contributed by atoms with Gasteiger partial charge < -0.3 is 94.1 Å². The lowest BCUT2D eigenvalue weighted by molar-refractivity contribution is -0.377. The molecule has 0 aromatic carbocycles. The van der Waals surface area contributed by atoms with Crippen molar-refractivity contribution in [2.75, 3.05) is 26.4 Å². The van der Waals surface area contributed by atoms with Gasteiger partial charge in [-0.25, -0.2) is 4.18 Å². The number of aliphatic hydroxyl groups excluding tert-OH is 11. The van der Waals surface area contributed by atoms with Gasteiger partial charge in [-0.15, -0.1) is 0 Å². The molecule has 0 aromatic heterocycles. The van der Waals surface area contributed by atoms with E-state index in [2.05, 4.69) is 4.18 Å². The SMILES string of the molecule is O=S(=O)(O)OC[C@@H]1O[C@@H](O[C@H]2[C@@H](O)[C@@H](CO)O[C@@H](O[C@H]3[C@H]4OC[C@@H]3O[C@@H](O[C@@H]3[C@@H](O)[C@@H](O)O[C@H](CO)[C@@H]3O)[C@H]4O)[C@@H]2O)[C@@H](O)[C@H](O)[C@@H]1O. The van der Waals surface area contributed by atoms with Crippen LogP contribution in [0.5, 0.6) is 0 Å². The Kier molecular flexibility index (Phi) is 12.3. The van der Waals surface area contributed by atoms with Crippen LogP contribution in [0.3, 0.4) is 0 Å². The molecule has 0 saturated carbocycles. The first-order valence-corrected chi connectivity index (χ1v) is 16.1. The molecule has 12 N–H and O–H groups in total. The second kappa shape index (κ2) is 15.4. The highest BCUT2D eigenvalue weighted by Crippen LogP contribution is 2.37. The quantitative estimate of drug-likeness (QED) is 0.0879. The van der Waals surface area contributed by atoms with Gasteiger partial charge in [0, 0.05) is 0 Å². The van der Waals surface area contributed by atoms with Crippen molar-refractivity contribution < 1.29 is 111 Å². The molecule has 5 heterocycles. The number of hydrogen-bond acceptors (Lipinski definition) is 22. The van der Waals surface area contributed by atoms with Crippen LogP contribution in [0.4, 0.5) is 0 Å². The molecule has 5 fully saturated rings. The number of hydrogen-bond donors (Lipinski definition) is 12. The largest absolute Gasteiger partial charge is 0.397 e. The van der Waals surface area contributed by atoms with Crippen LogP contribution in [-0.2, 0) is 52.5 Å². The van der Waals surface area contributed by atoms with Crippen LogP contribution in [-0.4, -0.2) is 218 Å². The van der Waals surface area contributed by atoms with E-state index in [-0.39, 0.29) is 6.61 Å². The second-order valence-electron chi connectivity index (χ2n) is 11.8.